The summed E-state index contributed by atoms with van der Waals surface area (Å²) < 4.78 is 0. The zero-order chi connectivity index (χ0) is 19.0. The van der Waals surface area contributed by atoms with Crippen molar-refractivity contribution >= 4 is 22.9 Å². The smallest absolute Gasteiger partial charge is 0.320 e. The lowest BCUT2D eigenvalue weighted by atomic mass is 9.76. The van der Waals surface area contributed by atoms with E-state index in [1.807, 2.05) is 23.1 Å². The first kappa shape index (κ1) is 18.0. The molecule has 1 unspecified atom stereocenters. The molecule has 2 aliphatic heterocycles. The molecular weight excluding hydrogens is 344 g/mol. The Hall–Kier alpha value is -2.41. The van der Waals surface area contributed by atoms with Gasteiger partial charge in [0, 0.05) is 25.2 Å². The van der Waals surface area contributed by atoms with Crippen LogP contribution in [0, 0.1) is 5.41 Å². The predicted molar refractivity (Wildman–Crippen MR) is 102 cm³/mol. The molecule has 0 saturated carbocycles. The second-order valence-corrected chi connectivity index (χ2v) is 7.96. The highest BCUT2D eigenvalue weighted by Crippen LogP contribution is 2.43. The number of aromatic nitrogens is 2. The molecule has 0 aliphatic carbocycles. The number of nitrogens with zero attached hydrogens (tertiary/aromatic N) is 3. The largest absolute Gasteiger partial charge is 0.480 e. The molecule has 3 heterocycles. The van der Waals surface area contributed by atoms with E-state index >= 15 is 0 Å². The predicted octanol–water partition coefficient (Wildman–Crippen LogP) is 2.35. The van der Waals surface area contributed by atoms with Crippen molar-refractivity contribution in [2.45, 2.75) is 38.6 Å². The number of aromatic amines is 1. The van der Waals surface area contributed by atoms with Crippen LogP contribution in [0.5, 0.6) is 0 Å². The van der Waals surface area contributed by atoms with Gasteiger partial charge in [0.2, 0.25) is 0 Å². The highest BCUT2D eigenvalue weighted by molar-refractivity contribution is 5.97. The molecular formula is C20H26N4O3. The normalized spacial score (nSPS) is 22.6. The molecule has 7 heteroatoms. The van der Waals surface area contributed by atoms with Gasteiger partial charge in [-0.2, -0.15) is 0 Å². The first-order valence-corrected chi connectivity index (χ1v) is 9.71. The van der Waals surface area contributed by atoms with Gasteiger partial charge in [-0.05, 0) is 55.8 Å². The molecule has 144 valence electrons. The van der Waals surface area contributed by atoms with Crippen LogP contribution in [-0.2, 0) is 4.79 Å². The number of hydrogen-bond acceptors (Lipinski definition) is 4. The number of rotatable bonds is 4. The van der Waals surface area contributed by atoms with Gasteiger partial charge in [0.15, 0.2) is 0 Å². The molecule has 1 aromatic heterocycles. The highest BCUT2D eigenvalue weighted by atomic mass is 16.4. The van der Waals surface area contributed by atoms with Crippen molar-refractivity contribution in [2.24, 2.45) is 5.41 Å². The van der Waals surface area contributed by atoms with Crippen molar-refractivity contribution in [2.75, 3.05) is 26.2 Å². The lowest BCUT2D eigenvalue weighted by Gasteiger charge is -2.39. The number of hydrogen-bond donors (Lipinski definition) is 2. The third-order valence-corrected chi connectivity index (χ3v) is 6.18. The van der Waals surface area contributed by atoms with Crippen LogP contribution >= 0.6 is 0 Å². The van der Waals surface area contributed by atoms with Gasteiger partial charge in [-0.3, -0.25) is 14.5 Å². The van der Waals surface area contributed by atoms with Crippen LogP contribution in [0.3, 0.4) is 0 Å². The third kappa shape index (κ3) is 3.32. The van der Waals surface area contributed by atoms with Gasteiger partial charge in [-0.15, -0.1) is 0 Å². The Bertz CT molecular complexity index is 854. The molecule has 4 rings (SSSR count). The number of carbonyl (C=O) groups is 2. The fraction of sp³-hybridized carbons (Fsp3) is 0.550. The van der Waals surface area contributed by atoms with Gasteiger partial charge in [0.25, 0.3) is 5.91 Å². The number of imidazole rings is 1. The van der Waals surface area contributed by atoms with Gasteiger partial charge in [0.05, 0.1) is 17.4 Å². The van der Waals surface area contributed by atoms with Crippen LogP contribution in [0.15, 0.2) is 24.5 Å². The summed E-state index contributed by atoms with van der Waals surface area (Å²) in [5.74, 6) is -0.675. The zero-order valence-electron chi connectivity index (χ0n) is 15.6. The molecule has 2 aliphatic rings. The Morgan fingerprint density at radius 2 is 2.11 bits per heavy atom. The maximum absolute atomic E-state index is 12.9. The van der Waals surface area contributed by atoms with Crippen molar-refractivity contribution in [3.05, 3.63) is 30.1 Å². The molecule has 1 atom stereocenters. The SMILES string of the molecule is CCCN1CC2(CCN(C(=O)c3ccc4nc[nH]c4c3)CC2)CC1C(=O)O. The van der Waals surface area contributed by atoms with E-state index in [1.54, 1.807) is 6.33 Å². The van der Waals surface area contributed by atoms with Gasteiger partial charge < -0.3 is 15.0 Å². The first-order valence-electron chi connectivity index (χ1n) is 9.71. The maximum Gasteiger partial charge on any atom is 0.320 e. The summed E-state index contributed by atoms with van der Waals surface area (Å²) in [6.07, 6.45) is 5.03. The standard InChI is InChI=1S/C20H26N4O3/c1-2-7-24-12-20(11-17(24)19(26)27)5-8-23(9-6-20)18(25)14-3-4-15-16(10-14)22-13-21-15/h3-4,10,13,17H,2,5-9,11-12H2,1H3,(H,21,22)(H,26,27). The number of piperidine rings is 1. The van der Waals surface area contributed by atoms with Crippen molar-refractivity contribution in [3.63, 3.8) is 0 Å². The Labute approximate surface area is 158 Å². The van der Waals surface area contributed by atoms with E-state index in [2.05, 4.69) is 21.8 Å². The van der Waals surface area contributed by atoms with Crippen molar-refractivity contribution in [3.8, 4) is 0 Å². The summed E-state index contributed by atoms with van der Waals surface area (Å²) in [6, 6.07) is 5.17. The quantitative estimate of drug-likeness (QED) is 0.862. The molecule has 1 aromatic carbocycles. The van der Waals surface area contributed by atoms with Crippen LogP contribution in [0.4, 0.5) is 0 Å². The van der Waals surface area contributed by atoms with Crippen molar-refractivity contribution in [1.82, 2.24) is 19.8 Å². The van der Waals surface area contributed by atoms with E-state index in [1.165, 1.54) is 0 Å². The first-order chi connectivity index (χ1) is 13.0. The minimum absolute atomic E-state index is 0.0301. The van der Waals surface area contributed by atoms with E-state index in [0.29, 0.717) is 25.1 Å². The van der Waals surface area contributed by atoms with Crippen molar-refractivity contribution < 1.29 is 14.7 Å². The summed E-state index contributed by atoms with van der Waals surface area (Å²) >= 11 is 0. The number of carboxylic acid groups (broad SMARTS) is 1. The second kappa shape index (κ2) is 6.96. The number of likely N-dealkylation sites (tertiary alicyclic amines) is 2. The molecule has 2 N–H and O–H groups in total. The Kier molecular flexibility index (Phi) is 4.63. The molecule has 2 fully saturated rings. The Balaban J connectivity index is 1.43. The van der Waals surface area contributed by atoms with E-state index < -0.39 is 5.97 Å². The van der Waals surface area contributed by atoms with Crippen LogP contribution in [0.2, 0.25) is 0 Å². The summed E-state index contributed by atoms with van der Waals surface area (Å²) in [5, 5.41) is 9.57. The van der Waals surface area contributed by atoms with Gasteiger partial charge in [-0.1, -0.05) is 6.92 Å². The number of benzene rings is 1. The number of H-pyrrole nitrogens is 1. The zero-order valence-corrected chi connectivity index (χ0v) is 15.6. The van der Waals surface area contributed by atoms with E-state index in [0.717, 1.165) is 43.4 Å². The molecule has 2 saturated heterocycles. The average molecular weight is 370 g/mol. The third-order valence-electron chi connectivity index (χ3n) is 6.18. The van der Waals surface area contributed by atoms with Gasteiger partial charge in [-0.25, -0.2) is 4.98 Å². The van der Waals surface area contributed by atoms with Gasteiger partial charge in [0.1, 0.15) is 6.04 Å². The molecule has 1 spiro atoms. The lowest BCUT2D eigenvalue weighted by Crippen LogP contribution is -2.44. The average Bonchev–Trinajstić information content (AvgIpc) is 3.26. The lowest BCUT2D eigenvalue weighted by molar-refractivity contribution is -0.142. The minimum Gasteiger partial charge on any atom is -0.480 e. The van der Waals surface area contributed by atoms with Crippen molar-refractivity contribution in [1.29, 1.82) is 0 Å². The number of carboxylic acids is 1. The summed E-state index contributed by atoms with van der Waals surface area (Å²) in [5.41, 5.74) is 2.42. The van der Waals surface area contributed by atoms with E-state index in [4.69, 9.17) is 0 Å². The number of fused-ring (bicyclic) bond motifs is 1. The van der Waals surface area contributed by atoms with Crippen LogP contribution < -0.4 is 0 Å². The van der Waals surface area contributed by atoms with Gasteiger partial charge >= 0.3 is 5.97 Å². The monoisotopic (exact) mass is 370 g/mol. The maximum atomic E-state index is 12.9. The fourth-order valence-corrected chi connectivity index (χ4v) is 4.71. The van der Waals surface area contributed by atoms with Crippen LogP contribution in [0.25, 0.3) is 11.0 Å². The summed E-state index contributed by atoms with van der Waals surface area (Å²) in [7, 11) is 0. The van der Waals surface area contributed by atoms with E-state index in [9.17, 15) is 14.7 Å². The highest BCUT2D eigenvalue weighted by Gasteiger charge is 2.48. The Morgan fingerprint density at radius 1 is 1.33 bits per heavy atom. The molecule has 27 heavy (non-hydrogen) atoms. The Morgan fingerprint density at radius 3 is 2.81 bits per heavy atom. The number of nitrogens with one attached hydrogen (secondary N) is 1. The molecule has 1 amide bonds. The number of carbonyl (C=O) groups excluding carboxylic acids is 1. The van der Waals surface area contributed by atoms with E-state index in [-0.39, 0.29) is 17.4 Å². The van der Waals surface area contributed by atoms with Crippen LogP contribution in [-0.4, -0.2) is 69.0 Å². The number of aliphatic carboxylic acids is 1. The fourth-order valence-electron chi connectivity index (χ4n) is 4.71. The topological polar surface area (TPSA) is 89.5 Å². The number of amides is 1. The molecule has 2 aromatic rings. The summed E-state index contributed by atoms with van der Waals surface area (Å²) in [6.45, 7) is 5.12. The molecule has 0 bridgehead atoms. The molecule has 0 radical (unpaired) electrons. The second-order valence-electron chi connectivity index (χ2n) is 7.96. The van der Waals surface area contributed by atoms with Crippen LogP contribution in [0.1, 0.15) is 43.0 Å². The minimum atomic E-state index is -0.716. The molecule has 7 nitrogen and oxygen atoms in total. The summed E-state index contributed by atoms with van der Waals surface area (Å²) in [4.78, 5) is 35.8.